The third-order valence-electron chi connectivity index (χ3n) is 2.39. The average molecular weight is 197 g/mol. The van der Waals surface area contributed by atoms with Crippen molar-refractivity contribution in [3.8, 4) is 0 Å². The number of nitrogens with one attached hydrogen (secondary N) is 1. The smallest absolute Gasteiger partial charge is 0.0302 e. The van der Waals surface area contributed by atoms with Crippen molar-refractivity contribution in [1.82, 2.24) is 5.32 Å². The lowest BCUT2D eigenvalue weighted by Gasteiger charge is -2.16. The van der Waals surface area contributed by atoms with Gasteiger partial charge in [0, 0.05) is 22.3 Å². The van der Waals surface area contributed by atoms with Gasteiger partial charge >= 0.3 is 0 Å². The monoisotopic (exact) mass is 197 g/mol. The number of rotatable bonds is 4. The fourth-order valence-corrected chi connectivity index (χ4v) is 1.92. The molecule has 0 bridgehead atoms. The Morgan fingerprint density at radius 1 is 1.31 bits per heavy atom. The Bertz CT molecular complexity index is 252. The van der Waals surface area contributed by atoms with E-state index in [1.807, 2.05) is 11.3 Å². The van der Waals surface area contributed by atoms with Gasteiger partial charge in [-0.1, -0.05) is 13.8 Å². The van der Waals surface area contributed by atoms with E-state index in [-0.39, 0.29) is 0 Å². The first-order valence-corrected chi connectivity index (χ1v) is 5.70. The Hall–Kier alpha value is -0.340. The summed E-state index contributed by atoms with van der Waals surface area (Å²) >= 11 is 1.88. The molecule has 74 valence electrons. The van der Waals surface area contributed by atoms with Crippen molar-refractivity contribution in [1.29, 1.82) is 0 Å². The Morgan fingerprint density at radius 2 is 2.00 bits per heavy atom. The van der Waals surface area contributed by atoms with Crippen molar-refractivity contribution in [2.24, 2.45) is 5.92 Å². The molecule has 0 spiro atoms. The molecule has 0 saturated carbocycles. The predicted octanol–water partition coefficient (Wildman–Crippen LogP) is 3.19. The molecule has 0 saturated heterocycles. The molecular formula is C11H19NS. The van der Waals surface area contributed by atoms with Crippen LogP contribution in [0.3, 0.4) is 0 Å². The zero-order valence-electron chi connectivity index (χ0n) is 8.92. The molecule has 1 nitrogen and oxygen atoms in total. The zero-order chi connectivity index (χ0) is 9.84. The van der Waals surface area contributed by atoms with E-state index < -0.39 is 0 Å². The first-order chi connectivity index (χ1) is 6.09. The van der Waals surface area contributed by atoms with Gasteiger partial charge in [-0.25, -0.2) is 0 Å². The van der Waals surface area contributed by atoms with Crippen LogP contribution >= 0.6 is 11.3 Å². The number of hydrogen-bond acceptors (Lipinski definition) is 2. The molecule has 0 amide bonds. The van der Waals surface area contributed by atoms with E-state index in [1.165, 1.54) is 9.75 Å². The van der Waals surface area contributed by atoms with E-state index in [1.54, 1.807) is 0 Å². The number of thiophene rings is 1. The topological polar surface area (TPSA) is 12.0 Å². The first-order valence-electron chi connectivity index (χ1n) is 4.88. The van der Waals surface area contributed by atoms with Crippen molar-refractivity contribution in [3.05, 3.63) is 21.9 Å². The molecule has 1 aromatic heterocycles. The summed E-state index contributed by atoms with van der Waals surface area (Å²) in [5, 5.41) is 3.52. The molecule has 1 N–H and O–H groups in total. The Kier molecular flexibility index (Phi) is 3.94. The van der Waals surface area contributed by atoms with Crippen LogP contribution in [0.1, 0.15) is 30.5 Å². The van der Waals surface area contributed by atoms with Crippen molar-refractivity contribution < 1.29 is 0 Å². The van der Waals surface area contributed by atoms with Gasteiger partial charge in [-0.15, -0.1) is 11.3 Å². The summed E-state index contributed by atoms with van der Waals surface area (Å²) in [6.07, 6.45) is 0. The van der Waals surface area contributed by atoms with Gasteiger partial charge in [0.2, 0.25) is 0 Å². The van der Waals surface area contributed by atoms with Crippen LogP contribution in [0.25, 0.3) is 0 Å². The molecule has 0 radical (unpaired) electrons. The highest BCUT2D eigenvalue weighted by molar-refractivity contribution is 7.11. The van der Waals surface area contributed by atoms with Crippen LogP contribution in [-0.4, -0.2) is 6.04 Å². The summed E-state index contributed by atoms with van der Waals surface area (Å²) in [5.74, 6) is 0.709. The molecule has 1 heterocycles. The summed E-state index contributed by atoms with van der Waals surface area (Å²) in [4.78, 5) is 2.83. The molecule has 13 heavy (non-hydrogen) atoms. The summed E-state index contributed by atoms with van der Waals surface area (Å²) in [5.41, 5.74) is 0. The van der Waals surface area contributed by atoms with Crippen LogP contribution in [0.15, 0.2) is 12.1 Å². The molecule has 2 heteroatoms. The maximum absolute atomic E-state index is 3.52. The molecule has 0 fully saturated rings. The zero-order valence-corrected chi connectivity index (χ0v) is 9.74. The van der Waals surface area contributed by atoms with Gasteiger partial charge in [0.1, 0.15) is 0 Å². The molecule has 0 aromatic carbocycles. The molecule has 0 unspecified atom stereocenters. The van der Waals surface area contributed by atoms with Crippen LogP contribution in [0.2, 0.25) is 0 Å². The molecule has 0 aliphatic carbocycles. The van der Waals surface area contributed by atoms with E-state index in [2.05, 4.69) is 45.1 Å². The highest BCUT2D eigenvalue weighted by atomic mass is 32.1. The molecule has 0 aliphatic rings. The SMILES string of the molecule is Cc1ccc(CN[C@@H](C)C(C)C)s1. The quantitative estimate of drug-likeness (QED) is 0.781. The third-order valence-corrected chi connectivity index (χ3v) is 3.39. The lowest BCUT2D eigenvalue weighted by atomic mass is 10.1. The predicted molar refractivity (Wildman–Crippen MR) is 60.2 cm³/mol. The molecule has 1 rings (SSSR count). The van der Waals surface area contributed by atoms with Crippen LogP contribution in [0.5, 0.6) is 0 Å². The van der Waals surface area contributed by atoms with Gasteiger partial charge < -0.3 is 5.32 Å². The maximum Gasteiger partial charge on any atom is 0.0302 e. The molecule has 1 aromatic rings. The van der Waals surface area contributed by atoms with Gasteiger partial charge in [0.25, 0.3) is 0 Å². The minimum absolute atomic E-state index is 0.599. The van der Waals surface area contributed by atoms with Gasteiger partial charge in [-0.05, 0) is 31.9 Å². The van der Waals surface area contributed by atoms with E-state index in [9.17, 15) is 0 Å². The van der Waals surface area contributed by atoms with Crippen LogP contribution in [-0.2, 0) is 6.54 Å². The lowest BCUT2D eigenvalue weighted by Crippen LogP contribution is -2.29. The summed E-state index contributed by atoms with van der Waals surface area (Å²) in [7, 11) is 0. The second-order valence-electron chi connectivity index (χ2n) is 3.93. The minimum Gasteiger partial charge on any atom is -0.309 e. The van der Waals surface area contributed by atoms with Gasteiger partial charge in [0.05, 0.1) is 0 Å². The highest BCUT2D eigenvalue weighted by Crippen LogP contribution is 2.15. The summed E-state index contributed by atoms with van der Waals surface area (Å²) in [6, 6.07) is 4.99. The second kappa shape index (κ2) is 4.77. The lowest BCUT2D eigenvalue weighted by molar-refractivity contribution is 0.428. The average Bonchev–Trinajstić information content (AvgIpc) is 2.47. The van der Waals surface area contributed by atoms with Gasteiger partial charge in [-0.2, -0.15) is 0 Å². The molecule has 1 atom stereocenters. The van der Waals surface area contributed by atoms with Crippen LogP contribution in [0.4, 0.5) is 0 Å². The molecule has 0 aliphatic heterocycles. The maximum atomic E-state index is 3.52. The number of aryl methyl sites for hydroxylation is 1. The first kappa shape index (κ1) is 10.7. The highest BCUT2D eigenvalue weighted by Gasteiger charge is 2.06. The fourth-order valence-electron chi connectivity index (χ4n) is 1.08. The van der Waals surface area contributed by atoms with E-state index in [0.29, 0.717) is 12.0 Å². The van der Waals surface area contributed by atoms with E-state index >= 15 is 0 Å². The fraction of sp³-hybridized carbons (Fsp3) is 0.636. The minimum atomic E-state index is 0.599. The van der Waals surface area contributed by atoms with Crippen molar-refractivity contribution in [2.45, 2.75) is 40.3 Å². The van der Waals surface area contributed by atoms with Crippen LogP contribution in [0, 0.1) is 12.8 Å². The Balaban J connectivity index is 2.35. The van der Waals surface area contributed by atoms with E-state index in [4.69, 9.17) is 0 Å². The van der Waals surface area contributed by atoms with Crippen molar-refractivity contribution in [3.63, 3.8) is 0 Å². The summed E-state index contributed by atoms with van der Waals surface area (Å²) in [6.45, 7) is 9.90. The van der Waals surface area contributed by atoms with E-state index in [0.717, 1.165) is 6.54 Å². The second-order valence-corrected chi connectivity index (χ2v) is 5.30. The van der Waals surface area contributed by atoms with Crippen LogP contribution < -0.4 is 5.32 Å². The van der Waals surface area contributed by atoms with Crippen molar-refractivity contribution in [2.75, 3.05) is 0 Å². The van der Waals surface area contributed by atoms with Gasteiger partial charge in [-0.3, -0.25) is 0 Å². The van der Waals surface area contributed by atoms with Gasteiger partial charge in [0.15, 0.2) is 0 Å². The Labute approximate surface area is 85.2 Å². The standard InChI is InChI=1S/C11H19NS/c1-8(2)10(4)12-7-11-6-5-9(3)13-11/h5-6,8,10,12H,7H2,1-4H3/t10-/m0/s1. The summed E-state index contributed by atoms with van der Waals surface area (Å²) < 4.78 is 0. The third kappa shape index (κ3) is 3.49. The normalized spacial score (nSPS) is 13.6. The Morgan fingerprint density at radius 3 is 2.46 bits per heavy atom. The largest absolute Gasteiger partial charge is 0.309 e. The number of hydrogen-bond donors (Lipinski definition) is 1. The van der Waals surface area contributed by atoms with Crippen molar-refractivity contribution >= 4 is 11.3 Å². The molecular weight excluding hydrogens is 178 g/mol.